The van der Waals surface area contributed by atoms with Crippen molar-refractivity contribution in [3.63, 3.8) is 0 Å². The highest BCUT2D eigenvalue weighted by atomic mass is 35.5. The van der Waals surface area contributed by atoms with Crippen LogP contribution in [0.1, 0.15) is 53.4 Å². The van der Waals surface area contributed by atoms with Gasteiger partial charge >= 0.3 is 6.09 Å². The normalized spacial score (nSPS) is 19.8. The van der Waals surface area contributed by atoms with Crippen molar-refractivity contribution in [2.24, 2.45) is 5.92 Å². The lowest BCUT2D eigenvalue weighted by Gasteiger charge is -2.34. The Morgan fingerprint density at radius 1 is 1.03 bits per heavy atom. The first-order chi connectivity index (χ1) is 17.5. The smallest absolute Gasteiger partial charge is 0.409 e. The van der Waals surface area contributed by atoms with E-state index in [1.165, 1.54) is 5.56 Å². The molecular weight excluding hydrogens is 474 g/mol. The van der Waals surface area contributed by atoms with E-state index >= 15 is 0 Å². The molecule has 0 N–H and O–H groups in total. The van der Waals surface area contributed by atoms with Gasteiger partial charge in [-0.15, -0.1) is 0 Å². The van der Waals surface area contributed by atoms with E-state index in [4.69, 9.17) is 21.3 Å². The largest absolute Gasteiger partial charge is 0.449 e. The number of ether oxygens (including phenoxy) is 1. The third-order valence-electron chi connectivity index (χ3n) is 7.46. The van der Waals surface area contributed by atoms with E-state index in [1.807, 2.05) is 31.2 Å². The molecule has 2 aromatic carbocycles. The van der Waals surface area contributed by atoms with Gasteiger partial charge in [0.15, 0.2) is 0 Å². The first-order valence-electron chi connectivity index (χ1n) is 12.8. The second-order valence-corrected chi connectivity index (χ2v) is 10.3. The summed E-state index contributed by atoms with van der Waals surface area (Å²) in [6.45, 7) is 6.57. The van der Waals surface area contributed by atoms with Crippen LogP contribution >= 0.6 is 11.6 Å². The van der Waals surface area contributed by atoms with Crippen LogP contribution in [-0.4, -0.2) is 59.6 Å². The molecular formula is C29H32ClN3O3. The maximum atomic E-state index is 13.3. The van der Waals surface area contributed by atoms with Crippen molar-refractivity contribution in [3.8, 4) is 0 Å². The molecule has 2 heterocycles. The molecule has 2 aliphatic rings. The van der Waals surface area contributed by atoms with Crippen LogP contribution < -0.4 is 0 Å². The molecule has 2 atom stereocenters. The number of rotatable bonds is 4. The number of halogens is 1. The van der Waals surface area contributed by atoms with Gasteiger partial charge in [-0.1, -0.05) is 61.8 Å². The molecule has 1 saturated heterocycles. The fourth-order valence-electron chi connectivity index (χ4n) is 5.40. The highest BCUT2D eigenvalue weighted by molar-refractivity contribution is 6.36. The summed E-state index contributed by atoms with van der Waals surface area (Å²) in [7, 11) is 0. The summed E-state index contributed by atoms with van der Waals surface area (Å²) < 4.78 is 5.22. The first kappa shape index (κ1) is 24.6. The summed E-state index contributed by atoms with van der Waals surface area (Å²) in [4.78, 5) is 33.9. The van der Waals surface area contributed by atoms with Crippen molar-refractivity contribution in [2.75, 3.05) is 32.8 Å². The van der Waals surface area contributed by atoms with Crippen LogP contribution in [0.2, 0.25) is 5.02 Å². The highest BCUT2D eigenvalue weighted by Crippen LogP contribution is 2.41. The van der Waals surface area contributed by atoms with Crippen molar-refractivity contribution >= 4 is 34.5 Å². The highest BCUT2D eigenvalue weighted by Gasteiger charge is 2.30. The van der Waals surface area contributed by atoms with Crippen LogP contribution in [0.4, 0.5) is 4.79 Å². The molecule has 188 valence electrons. The summed E-state index contributed by atoms with van der Waals surface area (Å²) in [6.07, 6.45) is 2.22. The Balaban J connectivity index is 1.35. The van der Waals surface area contributed by atoms with Crippen molar-refractivity contribution in [1.29, 1.82) is 0 Å². The Bertz CT molecular complexity index is 1270. The Morgan fingerprint density at radius 2 is 1.75 bits per heavy atom. The van der Waals surface area contributed by atoms with Gasteiger partial charge in [0.1, 0.15) is 0 Å². The molecule has 36 heavy (non-hydrogen) atoms. The number of piperazine rings is 1. The van der Waals surface area contributed by atoms with Crippen molar-refractivity contribution < 1.29 is 14.3 Å². The number of pyridine rings is 1. The molecule has 0 saturated carbocycles. The van der Waals surface area contributed by atoms with E-state index in [9.17, 15) is 9.59 Å². The maximum absolute atomic E-state index is 13.3. The van der Waals surface area contributed by atoms with Gasteiger partial charge in [0.2, 0.25) is 0 Å². The van der Waals surface area contributed by atoms with Crippen LogP contribution in [-0.2, 0) is 17.6 Å². The molecule has 1 aliphatic heterocycles. The molecule has 3 aromatic rings. The molecule has 0 spiro atoms. The number of nitrogens with zero attached hydrogens (tertiary/aromatic N) is 3. The van der Waals surface area contributed by atoms with Gasteiger partial charge in [-0.05, 0) is 54.4 Å². The molecule has 6 nitrogen and oxygen atoms in total. The van der Waals surface area contributed by atoms with E-state index in [0.717, 1.165) is 46.4 Å². The van der Waals surface area contributed by atoms with Gasteiger partial charge in [-0.3, -0.25) is 9.78 Å². The molecule has 7 heteroatoms. The molecule has 2 unspecified atom stereocenters. The molecule has 5 rings (SSSR count). The van der Waals surface area contributed by atoms with Crippen molar-refractivity contribution in [2.45, 2.75) is 39.0 Å². The van der Waals surface area contributed by atoms with E-state index in [0.29, 0.717) is 50.2 Å². The lowest BCUT2D eigenvalue weighted by atomic mass is 9.75. The van der Waals surface area contributed by atoms with Gasteiger partial charge < -0.3 is 14.5 Å². The minimum atomic E-state index is -0.304. The molecule has 1 aromatic heterocycles. The van der Waals surface area contributed by atoms with Crippen LogP contribution in [0.15, 0.2) is 48.5 Å². The minimum Gasteiger partial charge on any atom is -0.449 e. The zero-order valence-electron chi connectivity index (χ0n) is 20.9. The van der Waals surface area contributed by atoms with Crippen LogP contribution in [0.5, 0.6) is 0 Å². The van der Waals surface area contributed by atoms with Gasteiger partial charge in [0.25, 0.3) is 5.91 Å². The van der Waals surface area contributed by atoms with Gasteiger partial charge in [0.05, 0.1) is 17.1 Å². The summed E-state index contributed by atoms with van der Waals surface area (Å²) >= 11 is 6.90. The first-order valence-corrected chi connectivity index (χ1v) is 13.2. The number of aromatic nitrogens is 1. The standard InChI is InChI=1S/C29H32ClN3O3/c1-3-15-36-29(35)33-13-11-32(12-14-33)28(34)21-9-10-22-25(17-21)31-26-18-23(20-7-5-4-6-8-20)19(2)16-24(26)27(22)30/h4-10,17,19,23H,3,11-16,18H2,1-2H3. The van der Waals surface area contributed by atoms with Gasteiger partial charge in [0, 0.05) is 42.8 Å². The summed E-state index contributed by atoms with van der Waals surface area (Å²) in [5.41, 5.74) is 4.84. The third kappa shape index (κ3) is 4.79. The number of hydrogen-bond donors (Lipinski definition) is 0. The molecule has 0 bridgehead atoms. The average Bonchev–Trinajstić information content (AvgIpc) is 2.92. The minimum absolute atomic E-state index is 0.0510. The summed E-state index contributed by atoms with van der Waals surface area (Å²) in [5, 5.41) is 1.65. The van der Waals surface area contributed by atoms with Crippen LogP contribution in [0.3, 0.4) is 0 Å². The van der Waals surface area contributed by atoms with Crippen molar-refractivity contribution in [3.05, 3.63) is 75.9 Å². The Labute approximate surface area is 217 Å². The van der Waals surface area contributed by atoms with Crippen LogP contribution in [0, 0.1) is 5.92 Å². The maximum Gasteiger partial charge on any atom is 0.409 e. The molecule has 0 radical (unpaired) electrons. The predicted molar refractivity (Wildman–Crippen MR) is 142 cm³/mol. The number of carbonyl (C=O) groups excluding carboxylic acids is 2. The molecule has 2 amide bonds. The zero-order valence-corrected chi connectivity index (χ0v) is 21.6. The van der Waals surface area contributed by atoms with E-state index in [1.54, 1.807) is 9.80 Å². The lowest BCUT2D eigenvalue weighted by Crippen LogP contribution is -2.50. The lowest BCUT2D eigenvalue weighted by molar-refractivity contribution is 0.0560. The fourth-order valence-corrected chi connectivity index (χ4v) is 5.74. The van der Waals surface area contributed by atoms with Gasteiger partial charge in [-0.25, -0.2) is 4.79 Å². The fraction of sp³-hybridized carbons (Fsp3) is 0.414. The third-order valence-corrected chi connectivity index (χ3v) is 7.89. The van der Waals surface area contributed by atoms with E-state index < -0.39 is 0 Å². The SMILES string of the molecule is CCCOC(=O)N1CCN(C(=O)c2ccc3c(Cl)c4c(nc3c2)CC(c2ccccc2)C(C)C4)CC1. The quantitative estimate of drug-likeness (QED) is 0.455. The summed E-state index contributed by atoms with van der Waals surface area (Å²) in [5.74, 6) is 0.810. The van der Waals surface area contributed by atoms with Gasteiger partial charge in [-0.2, -0.15) is 0 Å². The second kappa shape index (κ2) is 10.5. The van der Waals surface area contributed by atoms with E-state index in [2.05, 4.69) is 31.2 Å². The summed E-state index contributed by atoms with van der Waals surface area (Å²) in [6, 6.07) is 16.2. The topological polar surface area (TPSA) is 62.7 Å². The molecule has 1 fully saturated rings. The van der Waals surface area contributed by atoms with E-state index in [-0.39, 0.29) is 12.0 Å². The number of hydrogen-bond acceptors (Lipinski definition) is 4. The monoisotopic (exact) mass is 505 g/mol. The molecule has 1 aliphatic carbocycles. The van der Waals surface area contributed by atoms with Crippen molar-refractivity contribution in [1.82, 2.24) is 14.8 Å². The number of carbonyl (C=O) groups is 2. The average molecular weight is 506 g/mol. The Hall–Kier alpha value is -3.12. The number of benzene rings is 2. The van der Waals surface area contributed by atoms with Crippen LogP contribution in [0.25, 0.3) is 10.9 Å². The number of amides is 2. The Morgan fingerprint density at radius 3 is 2.47 bits per heavy atom. The number of fused-ring (bicyclic) bond motifs is 2. The zero-order chi connectivity index (χ0) is 25.2. The predicted octanol–water partition coefficient (Wildman–Crippen LogP) is 5.71. The second-order valence-electron chi connectivity index (χ2n) is 9.88. The Kier molecular flexibility index (Phi) is 7.15.